The van der Waals surface area contributed by atoms with Crippen molar-refractivity contribution in [2.24, 2.45) is 0 Å². The Hall–Kier alpha value is -2.11. The minimum absolute atomic E-state index is 0.191. The SMILES string of the molecule is CCCCCCCCCCC/C=C\C/C=C\CCCCCCCCCCCCCCCC(=O)NC(COC1OC(CO)C(O)C(O)C1O)C(O)/C=C/CC/C=C/CC/C=C/CCCCCCCCCCCC. The van der Waals surface area contributed by atoms with E-state index in [1.807, 2.05) is 6.08 Å². The van der Waals surface area contributed by atoms with E-state index in [1.165, 1.54) is 205 Å². The molecule has 9 heteroatoms. The number of aliphatic hydroxyl groups excluding tert-OH is 5. The highest BCUT2D eigenvalue weighted by Gasteiger charge is 2.44. The number of carbonyl (C=O) groups is 1. The van der Waals surface area contributed by atoms with Gasteiger partial charge in [-0.1, -0.05) is 254 Å². The van der Waals surface area contributed by atoms with E-state index in [4.69, 9.17) is 9.47 Å². The van der Waals surface area contributed by atoms with E-state index in [0.29, 0.717) is 6.42 Å². The van der Waals surface area contributed by atoms with E-state index >= 15 is 0 Å². The van der Waals surface area contributed by atoms with Crippen LogP contribution in [0.3, 0.4) is 0 Å². The molecule has 1 saturated heterocycles. The molecule has 6 N–H and O–H groups in total. The van der Waals surface area contributed by atoms with Crippen LogP contribution in [-0.4, -0.2) is 87.5 Å². The van der Waals surface area contributed by atoms with Gasteiger partial charge in [-0.25, -0.2) is 0 Å². The molecule has 1 aliphatic heterocycles. The molecule has 7 atom stereocenters. The minimum Gasteiger partial charge on any atom is -0.394 e. The highest BCUT2D eigenvalue weighted by atomic mass is 16.7. The monoisotopic (exact) mass is 1010 g/mol. The van der Waals surface area contributed by atoms with Crippen molar-refractivity contribution in [2.75, 3.05) is 13.2 Å². The number of hydrogen-bond donors (Lipinski definition) is 6. The van der Waals surface area contributed by atoms with Gasteiger partial charge in [0.05, 0.1) is 25.4 Å². The lowest BCUT2D eigenvalue weighted by molar-refractivity contribution is -0.302. The summed E-state index contributed by atoms with van der Waals surface area (Å²) in [7, 11) is 0. The van der Waals surface area contributed by atoms with Gasteiger partial charge < -0.3 is 40.3 Å². The highest BCUT2D eigenvalue weighted by molar-refractivity contribution is 5.76. The number of amides is 1. The zero-order valence-corrected chi connectivity index (χ0v) is 46.7. The predicted octanol–water partition coefficient (Wildman–Crippen LogP) is 15.5. The molecule has 0 spiro atoms. The van der Waals surface area contributed by atoms with Crippen LogP contribution in [0.4, 0.5) is 0 Å². The van der Waals surface area contributed by atoms with Crippen LogP contribution >= 0.6 is 0 Å². The van der Waals surface area contributed by atoms with E-state index in [2.05, 4.69) is 67.8 Å². The van der Waals surface area contributed by atoms with Gasteiger partial charge in [-0.15, -0.1) is 0 Å². The van der Waals surface area contributed by atoms with Crippen LogP contribution < -0.4 is 5.32 Å². The predicted molar refractivity (Wildman–Crippen MR) is 304 cm³/mol. The maximum atomic E-state index is 13.1. The minimum atomic E-state index is -1.58. The standard InChI is InChI=1S/C63H115NO8/c1-3-5-7-9-11-13-15-17-19-21-23-25-26-27-28-29-30-31-32-33-35-37-39-41-43-45-47-49-51-53-59(67)64-56(55-71-63-62(70)61(69)60(68)58(54-65)72-63)57(66)52-50-48-46-44-42-40-38-36-34-24-22-20-18-16-14-12-10-8-6-4-2/h23,25,27-28,34,36,42,44,50,52,56-58,60-63,65-66,68-70H,3-22,24,26,29-33,35,37-41,43,45-49,51,53-55H2,1-2H3,(H,64,67)/b25-23-,28-27-,36-34+,44-42+,52-50+. The maximum Gasteiger partial charge on any atom is 0.220 e. The average molecular weight is 1010 g/mol. The Morgan fingerprint density at radius 1 is 0.472 bits per heavy atom. The topological polar surface area (TPSA) is 149 Å². The van der Waals surface area contributed by atoms with Crippen molar-refractivity contribution in [3.8, 4) is 0 Å². The van der Waals surface area contributed by atoms with Gasteiger partial charge in [0.25, 0.3) is 0 Å². The molecule has 0 aliphatic carbocycles. The molecule has 0 saturated carbocycles. The molecular weight excluding hydrogens is 899 g/mol. The lowest BCUT2D eigenvalue weighted by atomic mass is 9.99. The second-order valence-corrected chi connectivity index (χ2v) is 21.1. The third kappa shape index (κ3) is 41.2. The summed E-state index contributed by atoms with van der Waals surface area (Å²) in [6, 6.07) is -0.831. The molecule has 1 aliphatic rings. The lowest BCUT2D eigenvalue weighted by Gasteiger charge is -2.40. The summed E-state index contributed by atoms with van der Waals surface area (Å²) in [6.07, 6.45) is 64.4. The Morgan fingerprint density at radius 3 is 1.25 bits per heavy atom. The van der Waals surface area contributed by atoms with Crippen LogP contribution in [0.15, 0.2) is 60.8 Å². The van der Waals surface area contributed by atoms with Gasteiger partial charge in [0, 0.05) is 6.42 Å². The largest absolute Gasteiger partial charge is 0.394 e. The zero-order chi connectivity index (χ0) is 52.2. The highest BCUT2D eigenvalue weighted by Crippen LogP contribution is 2.23. The third-order valence-corrected chi connectivity index (χ3v) is 14.3. The average Bonchev–Trinajstić information content (AvgIpc) is 3.38. The number of ether oxygens (including phenoxy) is 2. The Kier molecular flexibility index (Phi) is 49.4. The molecule has 0 aromatic rings. The van der Waals surface area contributed by atoms with Gasteiger partial charge in [-0.05, 0) is 77.0 Å². The summed E-state index contributed by atoms with van der Waals surface area (Å²) in [4.78, 5) is 13.1. The molecule has 0 aromatic heterocycles. The molecule has 420 valence electrons. The molecule has 7 unspecified atom stereocenters. The van der Waals surface area contributed by atoms with Gasteiger partial charge in [-0.2, -0.15) is 0 Å². The number of carbonyl (C=O) groups excluding carboxylic acids is 1. The third-order valence-electron chi connectivity index (χ3n) is 14.3. The van der Waals surface area contributed by atoms with E-state index in [9.17, 15) is 30.3 Å². The lowest BCUT2D eigenvalue weighted by Crippen LogP contribution is -2.60. The number of rotatable bonds is 52. The van der Waals surface area contributed by atoms with Crippen molar-refractivity contribution in [1.82, 2.24) is 5.32 Å². The van der Waals surface area contributed by atoms with E-state index < -0.39 is 49.5 Å². The molecule has 1 rings (SSSR count). The van der Waals surface area contributed by atoms with Crippen LogP contribution in [0.2, 0.25) is 0 Å². The van der Waals surface area contributed by atoms with Gasteiger partial charge in [0.2, 0.25) is 5.91 Å². The van der Waals surface area contributed by atoms with Gasteiger partial charge >= 0.3 is 0 Å². The summed E-state index contributed by atoms with van der Waals surface area (Å²) >= 11 is 0. The summed E-state index contributed by atoms with van der Waals surface area (Å²) in [6.45, 7) is 3.78. The Morgan fingerprint density at radius 2 is 0.833 bits per heavy atom. The van der Waals surface area contributed by atoms with Crippen LogP contribution in [0.5, 0.6) is 0 Å². The van der Waals surface area contributed by atoms with Crippen molar-refractivity contribution in [2.45, 2.75) is 320 Å². The smallest absolute Gasteiger partial charge is 0.220 e. The number of hydrogen-bond acceptors (Lipinski definition) is 8. The Bertz CT molecular complexity index is 1310. The fourth-order valence-corrected chi connectivity index (χ4v) is 9.46. The fourth-order valence-electron chi connectivity index (χ4n) is 9.46. The molecule has 0 radical (unpaired) electrons. The summed E-state index contributed by atoms with van der Waals surface area (Å²) in [5.74, 6) is -0.191. The van der Waals surface area contributed by atoms with Crippen molar-refractivity contribution in [3.05, 3.63) is 60.8 Å². The quantitative estimate of drug-likeness (QED) is 0.0261. The second-order valence-electron chi connectivity index (χ2n) is 21.1. The summed E-state index contributed by atoms with van der Waals surface area (Å²) < 4.78 is 11.3. The molecule has 1 fully saturated rings. The van der Waals surface area contributed by atoms with Crippen LogP contribution in [0.1, 0.15) is 277 Å². The molecule has 9 nitrogen and oxygen atoms in total. The van der Waals surface area contributed by atoms with Crippen LogP contribution in [0, 0.1) is 0 Å². The summed E-state index contributed by atoms with van der Waals surface area (Å²) in [5.41, 5.74) is 0. The van der Waals surface area contributed by atoms with Crippen molar-refractivity contribution in [1.29, 1.82) is 0 Å². The van der Waals surface area contributed by atoms with Crippen LogP contribution in [0.25, 0.3) is 0 Å². The molecule has 0 aromatic carbocycles. The first-order valence-electron chi connectivity index (χ1n) is 30.5. The van der Waals surface area contributed by atoms with Gasteiger partial charge in [-0.3, -0.25) is 4.79 Å². The number of allylic oxidation sites excluding steroid dienone is 9. The van der Waals surface area contributed by atoms with Crippen molar-refractivity contribution < 1.29 is 39.8 Å². The van der Waals surface area contributed by atoms with E-state index in [1.54, 1.807) is 6.08 Å². The normalized spacial score (nSPS) is 19.6. The van der Waals surface area contributed by atoms with Gasteiger partial charge in [0.15, 0.2) is 6.29 Å². The number of unbranched alkanes of at least 4 members (excludes halogenated alkanes) is 34. The molecule has 1 heterocycles. The Balaban J connectivity index is 2.22. The zero-order valence-electron chi connectivity index (χ0n) is 46.7. The van der Waals surface area contributed by atoms with E-state index in [-0.39, 0.29) is 12.5 Å². The van der Waals surface area contributed by atoms with Gasteiger partial charge in [0.1, 0.15) is 24.4 Å². The molecule has 0 bridgehead atoms. The summed E-state index contributed by atoms with van der Waals surface area (Å²) in [5, 5.41) is 54.5. The first kappa shape index (κ1) is 67.9. The molecular formula is C63H115NO8. The number of aliphatic hydroxyl groups is 5. The molecule has 1 amide bonds. The van der Waals surface area contributed by atoms with Crippen molar-refractivity contribution >= 4 is 5.91 Å². The van der Waals surface area contributed by atoms with Crippen molar-refractivity contribution in [3.63, 3.8) is 0 Å². The first-order chi connectivity index (χ1) is 35.3. The fraction of sp³-hybridized carbons (Fsp3) is 0.825. The second kappa shape index (κ2) is 52.3. The van der Waals surface area contributed by atoms with E-state index in [0.717, 1.165) is 51.4 Å². The first-order valence-corrected chi connectivity index (χ1v) is 30.5. The Labute approximate surface area is 443 Å². The van der Waals surface area contributed by atoms with Crippen LogP contribution in [-0.2, 0) is 14.3 Å². The maximum absolute atomic E-state index is 13.1. The number of nitrogens with one attached hydrogen (secondary N) is 1. The molecule has 72 heavy (non-hydrogen) atoms.